The van der Waals surface area contributed by atoms with Crippen molar-refractivity contribution in [2.24, 2.45) is 0 Å². The van der Waals surface area contributed by atoms with E-state index >= 15 is 0 Å². The Morgan fingerprint density at radius 2 is 2.10 bits per heavy atom. The van der Waals surface area contributed by atoms with Crippen LogP contribution >= 0.6 is 0 Å². The first-order chi connectivity index (χ1) is 4.57. The second-order valence-electron chi connectivity index (χ2n) is 2.18. The Morgan fingerprint density at radius 3 is 2.40 bits per heavy atom. The highest BCUT2D eigenvalue weighted by molar-refractivity contribution is 5.74. The van der Waals surface area contributed by atoms with Crippen molar-refractivity contribution in [1.29, 1.82) is 0 Å². The van der Waals surface area contributed by atoms with Crippen molar-refractivity contribution in [1.82, 2.24) is 0 Å². The highest BCUT2D eigenvalue weighted by Gasteiger charge is 2.15. The smallest absolute Gasteiger partial charge is 0.337 e. The molecular weight excluding hydrogens is 136 g/mol. The molecular formula is C6H12O4. The molecule has 4 nitrogen and oxygen atoms in total. The van der Waals surface area contributed by atoms with Gasteiger partial charge in [-0.05, 0) is 13.8 Å². The van der Waals surface area contributed by atoms with E-state index in [2.05, 4.69) is 4.74 Å². The number of hydrogen-bond donors (Lipinski definition) is 2. The Labute approximate surface area is 59.4 Å². The normalized spacial score (nSPS) is 13.3. The summed E-state index contributed by atoms with van der Waals surface area (Å²) in [5.74, 6) is -0.780. The first kappa shape index (κ1) is 9.39. The van der Waals surface area contributed by atoms with Gasteiger partial charge in [-0.15, -0.1) is 0 Å². The maximum absolute atomic E-state index is 10.6. The first-order valence-electron chi connectivity index (χ1n) is 3.07. The van der Waals surface area contributed by atoms with Crippen LogP contribution in [0.15, 0.2) is 0 Å². The van der Waals surface area contributed by atoms with E-state index in [0.29, 0.717) is 0 Å². The Bertz CT molecular complexity index is 110. The summed E-state index contributed by atoms with van der Waals surface area (Å²) in [6.45, 7) is 2.75. The average molecular weight is 148 g/mol. The van der Waals surface area contributed by atoms with Gasteiger partial charge in [-0.3, -0.25) is 0 Å². The lowest BCUT2D eigenvalue weighted by molar-refractivity contribution is -0.159. The summed E-state index contributed by atoms with van der Waals surface area (Å²) in [4.78, 5) is 10.6. The molecule has 0 saturated carbocycles. The molecule has 0 aliphatic heterocycles. The largest absolute Gasteiger partial charge is 0.461 e. The van der Waals surface area contributed by atoms with Crippen LogP contribution in [0.2, 0.25) is 0 Å². The van der Waals surface area contributed by atoms with E-state index in [1.165, 1.54) is 0 Å². The van der Waals surface area contributed by atoms with E-state index in [4.69, 9.17) is 10.2 Å². The lowest BCUT2D eigenvalue weighted by Crippen LogP contribution is -2.28. The fourth-order valence-electron chi connectivity index (χ4n) is 0.385. The van der Waals surface area contributed by atoms with E-state index in [1.54, 1.807) is 13.8 Å². The van der Waals surface area contributed by atoms with Crippen LogP contribution in [0.5, 0.6) is 0 Å². The van der Waals surface area contributed by atoms with Gasteiger partial charge in [0.25, 0.3) is 0 Å². The summed E-state index contributed by atoms with van der Waals surface area (Å²) in [6, 6.07) is 0. The van der Waals surface area contributed by atoms with Gasteiger partial charge < -0.3 is 14.9 Å². The van der Waals surface area contributed by atoms with Crippen LogP contribution in [0.3, 0.4) is 0 Å². The number of hydrogen-bond acceptors (Lipinski definition) is 4. The number of aliphatic hydroxyl groups excluding tert-OH is 2. The molecule has 0 aliphatic carbocycles. The number of carbonyl (C=O) groups excluding carboxylic acids is 1. The van der Waals surface area contributed by atoms with Gasteiger partial charge in [0, 0.05) is 0 Å². The zero-order valence-electron chi connectivity index (χ0n) is 6.07. The van der Waals surface area contributed by atoms with E-state index in [9.17, 15) is 4.79 Å². The van der Waals surface area contributed by atoms with E-state index in [-0.39, 0.29) is 6.10 Å². The SMILES string of the molecule is CC(C)OC(=O)[C@H](O)CO. The number of carbonyl (C=O) groups is 1. The van der Waals surface area contributed by atoms with E-state index in [1.807, 2.05) is 0 Å². The maximum atomic E-state index is 10.6. The molecule has 0 saturated heterocycles. The quantitative estimate of drug-likeness (QED) is 0.519. The van der Waals surface area contributed by atoms with Crippen LogP contribution in [0.4, 0.5) is 0 Å². The van der Waals surface area contributed by atoms with Gasteiger partial charge in [-0.2, -0.15) is 0 Å². The standard InChI is InChI=1S/C6H12O4/c1-4(2)10-6(9)5(8)3-7/h4-5,7-8H,3H2,1-2H3/t5-/m1/s1. The van der Waals surface area contributed by atoms with Crippen molar-refractivity contribution in [3.05, 3.63) is 0 Å². The monoisotopic (exact) mass is 148 g/mol. The Kier molecular flexibility index (Phi) is 3.99. The minimum Gasteiger partial charge on any atom is -0.461 e. The predicted molar refractivity (Wildman–Crippen MR) is 34.3 cm³/mol. The molecule has 0 amide bonds. The molecule has 2 N–H and O–H groups in total. The average Bonchev–Trinajstić information content (AvgIpc) is 1.85. The summed E-state index contributed by atoms with van der Waals surface area (Å²) in [7, 11) is 0. The summed E-state index contributed by atoms with van der Waals surface area (Å²) < 4.78 is 4.55. The Balaban J connectivity index is 3.62. The second-order valence-corrected chi connectivity index (χ2v) is 2.18. The molecule has 0 aromatic rings. The van der Waals surface area contributed by atoms with Gasteiger partial charge in [0.2, 0.25) is 0 Å². The minimum atomic E-state index is -1.40. The third-order valence-electron chi connectivity index (χ3n) is 0.797. The van der Waals surface area contributed by atoms with Crippen molar-refractivity contribution in [3.63, 3.8) is 0 Å². The van der Waals surface area contributed by atoms with E-state index < -0.39 is 18.7 Å². The van der Waals surface area contributed by atoms with Gasteiger partial charge in [0.05, 0.1) is 12.7 Å². The molecule has 0 aromatic heterocycles. The molecule has 0 rings (SSSR count). The maximum Gasteiger partial charge on any atom is 0.337 e. The molecule has 0 heterocycles. The molecule has 10 heavy (non-hydrogen) atoms. The molecule has 0 aliphatic rings. The molecule has 0 unspecified atom stereocenters. The molecule has 0 spiro atoms. The van der Waals surface area contributed by atoms with Crippen LogP contribution in [0, 0.1) is 0 Å². The zero-order chi connectivity index (χ0) is 8.15. The highest BCUT2D eigenvalue weighted by atomic mass is 16.6. The Hall–Kier alpha value is -0.610. The summed E-state index contributed by atoms with van der Waals surface area (Å²) >= 11 is 0. The van der Waals surface area contributed by atoms with Crippen molar-refractivity contribution < 1.29 is 19.7 Å². The fraction of sp³-hybridized carbons (Fsp3) is 0.833. The van der Waals surface area contributed by atoms with Crippen LogP contribution in [-0.4, -0.2) is 35.0 Å². The summed E-state index contributed by atoms with van der Waals surface area (Å²) in [5.41, 5.74) is 0. The lowest BCUT2D eigenvalue weighted by Gasteiger charge is -2.10. The third kappa shape index (κ3) is 3.42. The van der Waals surface area contributed by atoms with Crippen LogP contribution in [0.1, 0.15) is 13.8 Å². The number of aliphatic hydroxyl groups is 2. The van der Waals surface area contributed by atoms with Gasteiger partial charge in [-0.1, -0.05) is 0 Å². The van der Waals surface area contributed by atoms with E-state index in [0.717, 1.165) is 0 Å². The summed E-state index contributed by atoms with van der Waals surface area (Å²) in [5, 5.41) is 16.9. The van der Waals surface area contributed by atoms with Crippen molar-refractivity contribution in [2.45, 2.75) is 26.1 Å². The van der Waals surface area contributed by atoms with Gasteiger partial charge >= 0.3 is 5.97 Å². The molecule has 4 heteroatoms. The van der Waals surface area contributed by atoms with Crippen LogP contribution in [-0.2, 0) is 9.53 Å². The lowest BCUT2D eigenvalue weighted by atomic mass is 10.4. The topological polar surface area (TPSA) is 66.8 Å². The highest BCUT2D eigenvalue weighted by Crippen LogP contribution is 1.92. The molecule has 0 radical (unpaired) electrons. The molecule has 0 bridgehead atoms. The third-order valence-corrected chi connectivity index (χ3v) is 0.797. The molecule has 1 atom stereocenters. The second kappa shape index (κ2) is 4.24. The predicted octanol–water partition coefficient (Wildman–Crippen LogP) is -0.709. The van der Waals surface area contributed by atoms with Crippen LogP contribution < -0.4 is 0 Å². The number of rotatable bonds is 3. The first-order valence-corrected chi connectivity index (χ1v) is 3.07. The van der Waals surface area contributed by atoms with Gasteiger partial charge in [0.15, 0.2) is 6.10 Å². The van der Waals surface area contributed by atoms with Crippen molar-refractivity contribution >= 4 is 5.97 Å². The number of esters is 1. The van der Waals surface area contributed by atoms with Gasteiger partial charge in [-0.25, -0.2) is 4.79 Å². The van der Waals surface area contributed by atoms with Crippen molar-refractivity contribution in [2.75, 3.05) is 6.61 Å². The minimum absolute atomic E-state index is 0.256. The number of ether oxygens (including phenoxy) is 1. The summed E-state index contributed by atoms with van der Waals surface area (Å²) in [6.07, 6.45) is -1.66. The van der Waals surface area contributed by atoms with Crippen LogP contribution in [0.25, 0.3) is 0 Å². The molecule has 60 valence electrons. The van der Waals surface area contributed by atoms with Gasteiger partial charge in [0.1, 0.15) is 0 Å². The molecule has 0 aromatic carbocycles. The fourth-order valence-corrected chi connectivity index (χ4v) is 0.385. The van der Waals surface area contributed by atoms with Crippen molar-refractivity contribution in [3.8, 4) is 0 Å². The zero-order valence-corrected chi connectivity index (χ0v) is 6.07. The molecule has 0 fully saturated rings. The Morgan fingerprint density at radius 1 is 1.60 bits per heavy atom.